The number of fused-ring (bicyclic) bond motifs is 1. The van der Waals surface area contributed by atoms with Crippen LogP contribution in [0.25, 0.3) is 0 Å². The molecule has 9 nitrogen and oxygen atoms in total. The minimum atomic E-state index is -0.982. The second kappa shape index (κ2) is 7.33. The number of carbonyl (C=O) groups is 4. The van der Waals surface area contributed by atoms with E-state index in [1.54, 1.807) is 18.2 Å². The monoisotopic (exact) mass is 386 g/mol. The molecule has 0 bridgehead atoms. The van der Waals surface area contributed by atoms with E-state index in [-0.39, 0.29) is 30.0 Å². The third kappa shape index (κ3) is 3.27. The van der Waals surface area contributed by atoms with E-state index in [0.717, 1.165) is 24.4 Å². The maximum Gasteiger partial charge on any atom is 0.266 e. The molecule has 9 heteroatoms. The van der Waals surface area contributed by atoms with Gasteiger partial charge in [-0.1, -0.05) is 6.07 Å². The smallest absolute Gasteiger partial charge is 0.266 e. The van der Waals surface area contributed by atoms with Gasteiger partial charge in [0, 0.05) is 25.6 Å². The van der Waals surface area contributed by atoms with Crippen molar-refractivity contribution < 1.29 is 23.9 Å². The number of rotatable bonds is 5. The molecule has 1 aromatic rings. The van der Waals surface area contributed by atoms with E-state index in [2.05, 4.69) is 10.2 Å². The number of carbonyl (C=O) groups excluding carboxylic acids is 4. The maximum absolute atomic E-state index is 12.9. The molecule has 1 unspecified atom stereocenters. The topological polar surface area (TPSA) is 122 Å². The van der Waals surface area contributed by atoms with Crippen LogP contribution in [0.3, 0.4) is 0 Å². The molecular formula is C19H22N4O5. The summed E-state index contributed by atoms with van der Waals surface area (Å²) in [7, 11) is 0. The van der Waals surface area contributed by atoms with Crippen molar-refractivity contribution in [3.05, 3.63) is 29.3 Å². The number of nitrogens with zero attached hydrogens (tertiary/aromatic N) is 2. The third-order valence-corrected chi connectivity index (χ3v) is 5.40. The van der Waals surface area contributed by atoms with Crippen molar-refractivity contribution >= 4 is 23.6 Å². The van der Waals surface area contributed by atoms with Crippen LogP contribution in [0.15, 0.2) is 18.2 Å². The molecule has 1 aromatic carbocycles. The lowest BCUT2D eigenvalue weighted by Gasteiger charge is -2.27. The summed E-state index contributed by atoms with van der Waals surface area (Å²) in [5, 5.41) is 2.19. The van der Waals surface area contributed by atoms with E-state index >= 15 is 0 Å². The number of likely N-dealkylation sites (tertiary alicyclic amines) is 1. The number of ether oxygens (including phenoxy) is 1. The molecule has 4 rings (SSSR count). The fourth-order valence-electron chi connectivity index (χ4n) is 3.95. The van der Waals surface area contributed by atoms with Crippen molar-refractivity contribution in [2.75, 3.05) is 26.2 Å². The van der Waals surface area contributed by atoms with Crippen LogP contribution in [0.2, 0.25) is 0 Å². The predicted octanol–water partition coefficient (Wildman–Crippen LogP) is -0.500. The molecule has 0 aromatic heterocycles. The Balaban J connectivity index is 1.49. The molecule has 3 aliphatic heterocycles. The van der Waals surface area contributed by atoms with Gasteiger partial charge < -0.3 is 10.5 Å². The molecule has 0 saturated carbocycles. The van der Waals surface area contributed by atoms with Crippen molar-refractivity contribution in [1.82, 2.24) is 15.1 Å². The molecule has 2 fully saturated rings. The van der Waals surface area contributed by atoms with Crippen LogP contribution in [0.4, 0.5) is 0 Å². The highest BCUT2D eigenvalue weighted by Crippen LogP contribution is 2.33. The number of nitrogens with two attached hydrogens (primary N) is 1. The van der Waals surface area contributed by atoms with Gasteiger partial charge in [0.25, 0.3) is 11.8 Å². The SMILES string of the molecule is N[C@H]1CCN(CCOc2cccc3c2C(=O)N(C2CCC(=O)NC2=O)C3=O)C1. The number of hydrogen-bond donors (Lipinski definition) is 2. The van der Waals surface area contributed by atoms with Gasteiger partial charge in [-0.05, 0) is 31.5 Å². The maximum atomic E-state index is 12.9. The molecule has 0 radical (unpaired) electrons. The normalized spacial score (nSPS) is 25.2. The lowest BCUT2D eigenvalue weighted by atomic mass is 10.0. The lowest BCUT2D eigenvalue weighted by Crippen LogP contribution is -2.54. The first-order valence-corrected chi connectivity index (χ1v) is 9.41. The van der Waals surface area contributed by atoms with Crippen LogP contribution in [0.5, 0.6) is 5.75 Å². The molecule has 2 saturated heterocycles. The number of benzene rings is 1. The zero-order valence-corrected chi connectivity index (χ0v) is 15.3. The Morgan fingerprint density at radius 1 is 1.14 bits per heavy atom. The Hall–Kier alpha value is -2.78. The van der Waals surface area contributed by atoms with Crippen LogP contribution >= 0.6 is 0 Å². The first-order valence-electron chi connectivity index (χ1n) is 9.41. The van der Waals surface area contributed by atoms with Crippen LogP contribution in [0, 0.1) is 0 Å². The Morgan fingerprint density at radius 3 is 2.68 bits per heavy atom. The van der Waals surface area contributed by atoms with Gasteiger partial charge >= 0.3 is 0 Å². The largest absolute Gasteiger partial charge is 0.491 e. The van der Waals surface area contributed by atoms with Crippen LogP contribution in [-0.4, -0.2) is 71.8 Å². The first kappa shape index (κ1) is 18.6. The van der Waals surface area contributed by atoms with Crippen molar-refractivity contribution in [3.8, 4) is 5.75 Å². The predicted molar refractivity (Wildman–Crippen MR) is 97.6 cm³/mol. The van der Waals surface area contributed by atoms with Gasteiger partial charge in [0.1, 0.15) is 18.4 Å². The molecule has 3 heterocycles. The van der Waals surface area contributed by atoms with Crippen molar-refractivity contribution in [2.24, 2.45) is 5.73 Å². The van der Waals surface area contributed by atoms with Gasteiger partial charge in [-0.25, -0.2) is 0 Å². The molecule has 0 spiro atoms. The summed E-state index contributed by atoms with van der Waals surface area (Å²) in [5.41, 5.74) is 6.29. The fraction of sp³-hybridized carbons (Fsp3) is 0.474. The Morgan fingerprint density at radius 2 is 1.96 bits per heavy atom. The summed E-state index contributed by atoms with van der Waals surface area (Å²) >= 11 is 0. The second-order valence-electron chi connectivity index (χ2n) is 7.32. The van der Waals surface area contributed by atoms with Gasteiger partial charge in [-0.2, -0.15) is 0 Å². The minimum absolute atomic E-state index is 0.0884. The number of hydrogen-bond acceptors (Lipinski definition) is 7. The highest BCUT2D eigenvalue weighted by Gasteiger charge is 2.46. The van der Waals surface area contributed by atoms with Crippen LogP contribution < -0.4 is 15.8 Å². The summed E-state index contributed by atoms with van der Waals surface area (Å²) in [6.07, 6.45) is 1.17. The highest BCUT2D eigenvalue weighted by molar-refractivity contribution is 6.24. The Kier molecular flexibility index (Phi) is 4.86. The van der Waals surface area contributed by atoms with Crippen molar-refractivity contribution in [2.45, 2.75) is 31.3 Å². The highest BCUT2D eigenvalue weighted by atomic mass is 16.5. The van der Waals surface area contributed by atoms with Gasteiger partial charge in [0.2, 0.25) is 11.8 Å². The quantitative estimate of drug-likeness (QED) is 0.654. The standard InChI is InChI=1S/C19H22N4O5/c20-11-6-7-22(10-11)8-9-28-14-3-1-2-12-16(14)19(27)23(18(12)26)13-4-5-15(24)21-17(13)25/h1-3,11,13H,4-10,20H2,(H,21,24,25)/t11-,13?/m0/s1. The van der Waals surface area contributed by atoms with Gasteiger partial charge in [-0.15, -0.1) is 0 Å². The molecule has 3 aliphatic rings. The van der Waals surface area contributed by atoms with E-state index in [1.165, 1.54) is 0 Å². The molecule has 0 aliphatic carbocycles. The summed E-state index contributed by atoms with van der Waals surface area (Å²) in [6.45, 7) is 2.77. The minimum Gasteiger partial charge on any atom is -0.491 e. The first-order chi connectivity index (χ1) is 13.5. The molecular weight excluding hydrogens is 364 g/mol. The zero-order valence-electron chi connectivity index (χ0n) is 15.3. The van der Waals surface area contributed by atoms with Crippen molar-refractivity contribution in [1.29, 1.82) is 0 Å². The van der Waals surface area contributed by atoms with E-state index in [1.807, 2.05) is 0 Å². The molecule has 4 amide bonds. The average Bonchev–Trinajstić information content (AvgIpc) is 3.18. The summed E-state index contributed by atoms with van der Waals surface area (Å²) in [4.78, 5) is 52.4. The lowest BCUT2D eigenvalue weighted by molar-refractivity contribution is -0.136. The molecule has 2 atom stereocenters. The molecule has 148 valence electrons. The van der Waals surface area contributed by atoms with Gasteiger partial charge in [0.05, 0.1) is 11.1 Å². The number of imide groups is 2. The molecule has 28 heavy (non-hydrogen) atoms. The summed E-state index contributed by atoms with van der Waals surface area (Å²) in [6, 6.07) is 4.05. The van der Waals surface area contributed by atoms with Crippen molar-refractivity contribution in [3.63, 3.8) is 0 Å². The van der Waals surface area contributed by atoms with Gasteiger partial charge in [0.15, 0.2) is 0 Å². The van der Waals surface area contributed by atoms with E-state index in [0.29, 0.717) is 18.9 Å². The average molecular weight is 386 g/mol. The third-order valence-electron chi connectivity index (χ3n) is 5.40. The second-order valence-corrected chi connectivity index (χ2v) is 7.32. The number of nitrogens with one attached hydrogen (secondary N) is 1. The summed E-state index contributed by atoms with van der Waals surface area (Å²) in [5.74, 6) is -1.80. The Labute approximate surface area is 161 Å². The number of amides is 4. The van der Waals surface area contributed by atoms with E-state index < -0.39 is 29.7 Å². The van der Waals surface area contributed by atoms with E-state index in [4.69, 9.17) is 10.5 Å². The van der Waals surface area contributed by atoms with E-state index in [9.17, 15) is 19.2 Å². The van der Waals surface area contributed by atoms with Gasteiger partial charge in [-0.3, -0.25) is 34.3 Å². The molecule has 3 N–H and O–H groups in total. The number of piperidine rings is 1. The summed E-state index contributed by atoms with van der Waals surface area (Å²) < 4.78 is 5.81. The van der Waals surface area contributed by atoms with Crippen LogP contribution in [-0.2, 0) is 9.59 Å². The Bertz CT molecular complexity index is 855. The fourth-order valence-corrected chi connectivity index (χ4v) is 3.95. The zero-order chi connectivity index (χ0) is 19.8. The van der Waals surface area contributed by atoms with Crippen LogP contribution in [0.1, 0.15) is 40.0 Å².